The molecule has 2 aromatic rings. The summed E-state index contributed by atoms with van der Waals surface area (Å²) in [5.41, 5.74) is 1.25. The van der Waals surface area contributed by atoms with Gasteiger partial charge in [-0.1, -0.05) is 85.2 Å². The number of methoxy groups -OCH3 is 1. The van der Waals surface area contributed by atoms with Gasteiger partial charge in [-0.25, -0.2) is 4.98 Å². The van der Waals surface area contributed by atoms with Crippen LogP contribution in [0.4, 0.5) is 0 Å². The lowest BCUT2D eigenvalue weighted by atomic mass is 9.76. The molecule has 12 heteroatoms. The van der Waals surface area contributed by atoms with Gasteiger partial charge in [0, 0.05) is 50.2 Å². The van der Waals surface area contributed by atoms with Crippen LogP contribution < -0.4 is 5.32 Å². The number of hydrogen-bond acceptors (Lipinski definition) is 10. The lowest BCUT2D eigenvalue weighted by Crippen LogP contribution is -2.50. The smallest absolute Gasteiger partial charge is 0.308 e. The van der Waals surface area contributed by atoms with Crippen molar-refractivity contribution in [2.75, 3.05) is 27.7 Å². The zero-order valence-electron chi connectivity index (χ0n) is 34.3. The number of Topliss-reactive ketones (excluding diaryl/α,β-unsaturated/α-hetero) is 1. The summed E-state index contributed by atoms with van der Waals surface area (Å²) in [5, 5.41) is 5.14. The molecule has 1 aliphatic rings. The molecule has 1 saturated heterocycles. The molecule has 2 amide bonds. The molecule has 0 aliphatic carbocycles. The van der Waals surface area contributed by atoms with Crippen molar-refractivity contribution in [3.05, 3.63) is 52.0 Å². The fourth-order valence-electron chi connectivity index (χ4n) is 7.48. The van der Waals surface area contributed by atoms with Crippen molar-refractivity contribution >= 4 is 40.9 Å². The molecule has 0 radical (unpaired) electrons. The summed E-state index contributed by atoms with van der Waals surface area (Å²) < 4.78 is 10.8. The highest BCUT2D eigenvalue weighted by atomic mass is 32.1. The molecule has 1 fully saturated rings. The lowest BCUT2D eigenvalue weighted by molar-refractivity contribution is -0.150. The van der Waals surface area contributed by atoms with Crippen LogP contribution in [-0.4, -0.2) is 90.2 Å². The summed E-state index contributed by atoms with van der Waals surface area (Å²) in [5.74, 6) is -2.20. The average Bonchev–Trinajstić information content (AvgIpc) is 3.62. The standard InChI is InChI=1S/C42H64N4O7S/c1-12-27(4)32(22-36(48)35-24-42(7,8)18-19-45(35)9)40(50)46(10)34(26(2)3)23-37(53-29(6)47)39-44-33(25-54-39)38(49)43-31(20-28(5)41(51)52-11)21-30-16-14-13-15-17-30/h13-17,25-28,31-32,34-35,37H,12,18-24H2,1-11H3,(H,43,49)/t27-,28-,31+,32-,34+,35+,37+/m0/s1. The van der Waals surface area contributed by atoms with Crippen LogP contribution in [0.1, 0.15) is 121 Å². The Morgan fingerprint density at radius 3 is 2.33 bits per heavy atom. The van der Waals surface area contributed by atoms with Crippen LogP contribution in [0, 0.1) is 29.1 Å². The van der Waals surface area contributed by atoms with E-state index in [0.29, 0.717) is 17.8 Å². The van der Waals surface area contributed by atoms with Crippen LogP contribution >= 0.6 is 11.3 Å². The van der Waals surface area contributed by atoms with Crippen LogP contribution in [-0.2, 0) is 35.1 Å². The molecule has 300 valence electrons. The number of carbonyl (C=O) groups excluding carboxylic acids is 5. The van der Waals surface area contributed by atoms with Gasteiger partial charge in [-0.3, -0.25) is 28.9 Å². The maximum Gasteiger partial charge on any atom is 0.308 e. The number of hydrogen-bond donors (Lipinski definition) is 1. The number of ketones is 1. The molecule has 1 aromatic heterocycles. The minimum Gasteiger partial charge on any atom is -0.469 e. The largest absolute Gasteiger partial charge is 0.469 e. The van der Waals surface area contributed by atoms with E-state index in [-0.39, 0.29) is 71.6 Å². The summed E-state index contributed by atoms with van der Waals surface area (Å²) in [7, 11) is 5.12. The van der Waals surface area contributed by atoms with Gasteiger partial charge in [0.25, 0.3) is 5.91 Å². The van der Waals surface area contributed by atoms with E-state index in [0.717, 1.165) is 31.4 Å². The van der Waals surface area contributed by atoms with Gasteiger partial charge < -0.3 is 19.7 Å². The number of likely N-dealkylation sites (N-methyl/N-ethyl adjacent to an activating group) is 1. The zero-order chi connectivity index (χ0) is 40.3. The van der Waals surface area contributed by atoms with E-state index >= 15 is 0 Å². The molecule has 0 saturated carbocycles. The van der Waals surface area contributed by atoms with E-state index in [2.05, 4.69) is 29.0 Å². The number of amides is 2. The number of thiazole rings is 1. The third-order valence-electron chi connectivity index (χ3n) is 11.2. The van der Waals surface area contributed by atoms with Crippen molar-refractivity contribution in [2.24, 2.45) is 29.1 Å². The molecular formula is C42H64N4O7S. The quantitative estimate of drug-likeness (QED) is 0.152. The number of benzene rings is 1. The second-order valence-electron chi connectivity index (χ2n) is 16.5. The van der Waals surface area contributed by atoms with Crippen molar-refractivity contribution in [1.29, 1.82) is 0 Å². The van der Waals surface area contributed by atoms with Crippen LogP contribution in [0.5, 0.6) is 0 Å². The molecule has 0 spiro atoms. The molecule has 3 rings (SSSR count). The summed E-state index contributed by atoms with van der Waals surface area (Å²) in [6.45, 7) is 16.5. The Hall–Kier alpha value is -3.64. The molecule has 0 bridgehead atoms. The summed E-state index contributed by atoms with van der Waals surface area (Å²) in [6, 6.07) is 8.78. The monoisotopic (exact) mass is 768 g/mol. The third-order valence-corrected chi connectivity index (χ3v) is 12.1. The number of nitrogens with zero attached hydrogens (tertiary/aromatic N) is 3. The number of carbonyl (C=O) groups is 5. The van der Waals surface area contributed by atoms with E-state index in [4.69, 9.17) is 9.47 Å². The molecule has 7 atom stereocenters. The second kappa shape index (κ2) is 20.3. The summed E-state index contributed by atoms with van der Waals surface area (Å²) >= 11 is 1.22. The first kappa shape index (κ1) is 44.8. The van der Waals surface area contributed by atoms with Gasteiger partial charge in [-0.15, -0.1) is 11.3 Å². The first-order valence-corrected chi connectivity index (χ1v) is 20.3. The average molecular weight is 769 g/mol. The summed E-state index contributed by atoms with van der Waals surface area (Å²) in [6.07, 6.45) is 3.07. The predicted molar refractivity (Wildman–Crippen MR) is 212 cm³/mol. The Labute approximate surface area is 326 Å². The maximum atomic E-state index is 14.4. The first-order chi connectivity index (χ1) is 25.4. The normalized spacial score (nSPS) is 19.1. The molecule has 0 unspecified atom stereocenters. The molecule has 1 aromatic carbocycles. The molecule has 11 nitrogen and oxygen atoms in total. The van der Waals surface area contributed by atoms with Crippen molar-refractivity contribution < 1.29 is 33.4 Å². The van der Waals surface area contributed by atoms with E-state index < -0.39 is 29.8 Å². The zero-order valence-corrected chi connectivity index (χ0v) is 35.2. The highest BCUT2D eigenvalue weighted by Gasteiger charge is 2.40. The van der Waals surface area contributed by atoms with Gasteiger partial charge >= 0.3 is 11.9 Å². The number of rotatable bonds is 19. The summed E-state index contributed by atoms with van der Waals surface area (Å²) in [4.78, 5) is 75.0. The maximum absolute atomic E-state index is 14.4. The van der Waals surface area contributed by atoms with Crippen LogP contribution in [0.15, 0.2) is 35.7 Å². The van der Waals surface area contributed by atoms with Crippen molar-refractivity contribution in [2.45, 2.75) is 125 Å². The minimum atomic E-state index is -0.807. The fourth-order valence-corrected chi connectivity index (χ4v) is 8.32. The Balaban J connectivity index is 1.82. The fraction of sp³-hybridized carbons (Fsp3) is 0.667. The number of piperidine rings is 1. The number of nitrogens with one attached hydrogen (secondary N) is 1. The number of esters is 2. The van der Waals surface area contributed by atoms with Gasteiger partial charge in [0.15, 0.2) is 11.9 Å². The molecule has 1 aliphatic heterocycles. The lowest BCUT2D eigenvalue weighted by Gasteiger charge is -2.42. The highest BCUT2D eigenvalue weighted by Crippen LogP contribution is 2.36. The second-order valence-corrected chi connectivity index (χ2v) is 17.4. The van der Waals surface area contributed by atoms with Gasteiger partial charge in [-0.05, 0) is 62.1 Å². The van der Waals surface area contributed by atoms with Crippen molar-refractivity contribution in [1.82, 2.24) is 20.1 Å². The molecule has 1 N–H and O–H groups in total. The number of likely N-dealkylation sites (tertiary alicyclic amines) is 1. The molecule has 54 heavy (non-hydrogen) atoms. The van der Waals surface area contributed by atoms with E-state index in [1.807, 2.05) is 65.1 Å². The van der Waals surface area contributed by atoms with Gasteiger partial charge in [0.05, 0.1) is 19.1 Å². The topological polar surface area (TPSA) is 135 Å². The van der Waals surface area contributed by atoms with Crippen LogP contribution in [0.2, 0.25) is 0 Å². The number of aromatic nitrogens is 1. The Morgan fingerprint density at radius 2 is 1.74 bits per heavy atom. The third kappa shape index (κ3) is 12.7. The first-order valence-electron chi connectivity index (χ1n) is 19.4. The van der Waals surface area contributed by atoms with Crippen LogP contribution in [0.25, 0.3) is 0 Å². The molecule has 2 heterocycles. The highest BCUT2D eigenvalue weighted by molar-refractivity contribution is 7.09. The van der Waals surface area contributed by atoms with Crippen LogP contribution in [0.3, 0.4) is 0 Å². The Bertz CT molecular complexity index is 1560. The van der Waals surface area contributed by atoms with E-state index in [1.54, 1.807) is 24.3 Å². The van der Waals surface area contributed by atoms with E-state index in [9.17, 15) is 24.0 Å². The van der Waals surface area contributed by atoms with Gasteiger partial charge in [0.1, 0.15) is 10.7 Å². The van der Waals surface area contributed by atoms with Crippen molar-refractivity contribution in [3.63, 3.8) is 0 Å². The number of ether oxygens (including phenoxy) is 2. The Kier molecular flexibility index (Phi) is 16.8. The van der Waals surface area contributed by atoms with E-state index in [1.165, 1.54) is 25.4 Å². The Morgan fingerprint density at radius 1 is 1.07 bits per heavy atom. The van der Waals surface area contributed by atoms with Gasteiger partial charge in [0.2, 0.25) is 5.91 Å². The SMILES string of the molecule is CC[C@H](C)[C@H](CC(=O)[C@H]1CC(C)(C)CCN1C)C(=O)N(C)[C@H](C[C@@H](OC(C)=O)c1nc(C(=O)N[C@@H](Cc2ccccc2)C[C@H](C)C(=O)OC)cs1)C(C)C. The molecular weight excluding hydrogens is 705 g/mol. The van der Waals surface area contributed by atoms with Crippen molar-refractivity contribution in [3.8, 4) is 0 Å². The predicted octanol–water partition coefficient (Wildman–Crippen LogP) is 6.90. The van der Waals surface area contributed by atoms with Gasteiger partial charge in [-0.2, -0.15) is 0 Å². The minimum absolute atomic E-state index is 0.00996.